The minimum atomic E-state index is 0.0816. The summed E-state index contributed by atoms with van der Waals surface area (Å²) < 4.78 is 0. The molecule has 0 aromatic rings. The predicted octanol–water partition coefficient (Wildman–Crippen LogP) is 5.40. The van der Waals surface area contributed by atoms with Crippen molar-refractivity contribution in [3.8, 4) is 0 Å². The van der Waals surface area contributed by atoms with Crippen molar-refractivity contribution >= 4 is 11.6 Å². The van der Waals surface area contributed by atoms with Crippen molar-refractivity contribution in [3.05, 3.63) is 12.2 Å². The molecule has 0 aromatic carbocycles. The summed E-state index contributed by atoms with van der Waals surface area (Å²) in [6.07, 6.45) is 19.3. The summed E-state index contributed by atoms with van der Waals surface area (Å²) in [5, 5.41) is 0. The molecule has 3 fully saturated rings. The Hall–Kier alpha value is -0.920. The number of hydrogen-bond acceptors (Lipinski definition) is 2. The van der Waals surface area contributed by atoms with E-state index in [0.717, 1.165) is 25.7 Å². The molecule has 1 unspecified atom stereocenters. The Morgan fingerprint density at radius 3 is 1.87 bits per heavy atom. The van der Waals surface area contributed by atoms with E-state index in [1.165, 1.54) is 57.8 Å². The van der Waals surface area contributed by atoms with Gasteiger partial charge in [-0.3, -0.25) is 9.59 Å². The van der Waals surface area contributed by atoms with Crippen LogP contribution in [-0.2, 0) is 9.59 Å². The molecule has 0 N–H and O–H groups in total. The van der Waals surface area contributed by atoms with E-state index in [-0.39, 0.29) is 10.8 Å². The number of carbonyl (C=O) groups excluding carboxylic acids is 2. The van der Waals surface area contributed by atoms with Crippen LogP contribution < -0.4 is 0 Å². The highest BCUT2D eigenvalue weighted by molar-refractivity contribution is 5.97. The van der Waals surface area contributed by atoms with Gasteiger partial charge in [-0.05, 0) is 50.5 Å². The SMILES string of the molecule is CC1CC(=O)C2(CCCCC2)C1.O=C1C=CCC12CCCCC2. The molecule has 23 heavy (non-hydrogen) atoms. The number of rotatable bonds is 0. The smallest absolute Gasteiger partial charge is 0.161 e. The first-order valence-corrected chi connectivity index (χ1v) is 9.81. The summed E-state index contributed by atoms with van der Waals surface area (Å²) in [5.41, 5.74) is 0.246. The molecule has 2 nitrogen and oxygen atoms in total. The fourth-order valence-corrected chi connectivity index (χ4v) is 5.45. The summed E-state index contributed by atoms with van der Waals surface area (Å²) >= 11 is 0. The Morgan fingerprint density at radius 1 is 0.870 bits per heavy atom. The lowest BCUT2D eigenvalue weighted by molar-refractivity contribution is -0.127. The van der Waals surface area contributed by atoms with Crippen LogP contribution in [0.3, 0.4) is 0 Å². The number of ketones is 2. The highest BCUT2D eigenvalue weighted by Crippen LogP contribution is 2.48. The van der Waals surface area contributed by atoms with Crippen LogP contribution >= 0.6 is 0 Å². The zero-order valence-electron chi connectivity index (χ0n) is 14.7. The molecule has 128 valence electrons. The second-order valence-corrected chi connectivity index (χ2v) is 8.59. The molecule has 0 aromatic heterocycles. The Labute approximate surface area is 141 Å². The maximum absolute atomic E-state index is 11.8. The van der Waals surface area contributed by atoms with E-state index in [4.69, 9.17) is 0 Å². The van der Waals surface area contributed by atoms with Gasteiger partial charge in [-0.25, -0.2) is 0 Å². The first-order valence-electron chi connectivity index (χ1n) is 9.81. The van der Waals surface area contributed by atoms with Crippen LogP contribution in [0.5, 0.6) is 0 Å². The lowest BCUT2D eigenvalue weighted by Gasteiger charge is -2.31. The third-order valence-electron chi connectivity index (χ3n) is 6.79. The summed E-state index contributed by atoms with van der Waals surface area (Å²) in [6, 6.07) is 0. The molecule has 0 saturated heterocycles. The van der Waals surface area contributed by atoms with E-state index in [2.05, 4.69) is 6.92 Å². The minimum absolute atomic E-state index is 0.0816. The number of Topliss-reactive ketones (excluding diaryl/α,β-unsaturated/α-hetero) is 1. The summed E-state index contributed by atoms with van der Waals surface area (Å²) in [5.74, 6) is 1.64. The fourth-order valence-electron chi connectivity index (χ4n) is 5.45. The number of hydrogen-bond donors (Lipinski definition) is 0. The van der Waals surface area contributed by atoms with Crippen molar-refractivity contribution in [2.75, 3.05) is 0 Å². The molecule has 0 radical (unpaired) electrons. The van der Waals surface area contributed by atoms with E-state index < -0.39 is 0 Å². The van der Waals surface area contributed by atoms with E-state index in [0.29, 0.717) is 17.5 Å². The van der Waals surface area contributed by atoms with Crippen LogP contribution in [0.15, 0.2) is 12.2 Å². The van der Waals surface area contributed by atoms with Crippen LogP contribution in [0.2, 0.25) is 0 Å². The van der Waals surface area contributed by atoms with Gasteiger partial charge in [-0.15, -0.1) is 0 Å². The van der Waals surface area contributed by atoms with Crippen molar-refractivity contribution in [2.45, 2.75) is 90.4 Å². The standard InChI is InChI=1S/C11H18O.C10H14O/c1-9-7-10(12)11(8-9)5-3-2-4-6-11;11-9-5-4-8-10(9)6-2-1-3-7-10/h9H,2-8H2,1H3;4-5H,1-3,6-8H2. The second kappa shape index (κ2) is 6.91. The Balaban J connectivity index is 0.000000136. The third kappa shape index (κ3) is 3.46. The van der Waals surface area contributed by atoms with E-state index in [1.807, 2.05) is 6.08 Å². The fraction of sp³-hybridized carbons (Fsp3) is 0.810. The van der Waals surface area contributed by atoms with Gasteiger partial charge in [-0.1, -0.05) is 51.5 Å². The zero-order chi connectivity index (χ0) is 16.3. The van der Waals surface area contributed by atoms with E-state index >= 15 is 0 Å². The van der Waals surface area contributed by atoms with Crippen LogP contribution in [0.25, 0.3) is 0 Å². The zero-order valence-corrected chi connectivity index (χ0v) is 14.7. The molecule has 0 amide bonds. The van der Waals surface area contributed by atoms with Crippen molar-refractivity contribution in [1.29, 1.82) is 0 Å². The molecule has 2 spiro atoms. The normalized spacial score (nSPS) is 31.4. The molecule has 4 rings (SSSR count). The van der Waals surface area contributed by atoms with Crippen molar-refractivity contribution in [3.63, 3.8) is 0 Å². The van der Waals surface area contributed by atoms with Gasteiger partial charge >= 0.3 is 0 Å². The van der Waals surface area contributed by atoms with Crippen LogP contribution in [0.4, 0.5) is 0 Å². The van der Waals surface area contributed by atoms with Gasteiger partial charge in [0.2, 0.25) is 0 Å². The molecule has 4 aliphatic rings. The van der Waals surface area contributed by atoms with Gasteiger partial charge in [0.15, 0.2) is 5.78 Å². The lowest BCUT2D eigenvalue weighted by atomic mass is 9.72. The Bertz CT molecular complexity index is 476. The molecule has 0 heterocycles. The molecular formula is C21H32O2. The monoisotopic (exact) mass is 316 g/mol. The van der Waals surface area contributed by atoms with Crippen molar-refractivity contribution in [2.24, 2.45) is 16.7 Å². The van der Waals surface area contributed by atoms with E-state index in [1.54, 1.807) is 6.08 Å². The third-order valence-corrected chi connectivity index (χ3v) is 6.79. The van der Waals surface area contributed by atoms with Crippen molar-refractivity contribution < 1.29 is 9.59 Å². The highest BCUT2D eigenvalue weighted by atomic mass is 16.1. The minimum Gasteiger partial charge on any atom is -0.299 e. The van der Waals surface area contributed by atoms with Gasteiger partial charge in [0.1, 0.15) is 5.78 Å². The second-order valence-electron chi connectivity index (χ2n) is 8.59. The van der Waals surface area contributed by atoms with E-state index in [9.17, 15) is 9.59 Å². The molecule has 0 bridgehead atoms. The van der Waals surface area contributed by atoms with Crippen LogP contribution in [0, 0.1) is 16.7 Å². The van der Waals surface area contributed by atoms with Gasteiger partial charge in [-0.2, -0.15) is 0 Å². The maximum Gasteiger partial charge on any atom is 0.161 e. The topological polar surface area (TPSA) is 34.1 Å². The predicted molar refractivity (Wildman–Crippen MR) is 93.2 cm³/mol. The summed E-state index contributed by atoms with van der Waals surface area (Å²) in [4.78, 5) is 23.2. The average molecular weight is 316 g/mol. The molecular weight excluding hydrogens is 284 g/mol. The quantitative estimate of drug-likeness (QED) is 0.599. The Kier molecular flexibility index (Phi) is 5.08. The first kappa shape index (κ1) is 16.9. The number of carbonyl (C=O) groups is 2. The lowest BCUT2D eigenvalue weighted by Crippen LogP contribution is -2.28. The van der Waals surface area contributed by atoms with Gasteiger partial charge in [0.25, 0.3) is 0 Å². The summed E-state index contributed by atoms with van der Waals surface area (Å²) in [6.45, 7) is 2.22. The molecule has 1 atom stereocenters. The van der Waals surface area contributed by atoms with Crippen LogP contribution in [0.1, 0.15) is 90.4 Å². The van der Waals surface area contributed by atoms with Gasteiger partial charge in [0.05, 0.1) is 0 Å². The highest BCUT2D eigenvalue weighted by Gasteiger charge is 2.45. The summed E-state index contributed by atoms with van der Waals surface area (Å²) in [7, 11) is 0. The Morgan fingerprint density at radius 2 is 1.43 bits per heavy atom. The molecule has 4 aliphatic carbocycles. The largest absolute Gasteiger partial charge is 0.299 e. The maximum atomic E-state index is 11.8. The molecule has 3 saturated carbocycles. The number of allylic oxidation sites excluding steroid dienone is 2. The average Bonchev–Trinajstić information content (AvgIpc) is 3.02. The van der Waals surface area contributed by atoms with Crippen molar-refractivity contribution in [1.82, 2.24) is 0 Å². The van der Waals surface area contributed by atoms with Gasteiger partial charge in [0, 0.05) is 17.3 Å². The van der Waals surface area contributed by atoms with Crippen LogP contribution in [-0.4, -0.2) is 11.6 Å². The molecule has 2 heteroatoms. The first-order chi connectivity index (χ1) is 11.1. The molecule has 0 aliphatic heterocycles. The van der Waals surface area contributed by atoms with Gasteiger partial charge < -0.3 is 0 Å².